The highest BCUT2D eigenvalue weighted by atomic mass is 32.2. The van der Waals surface area contributed by atoms with E-state index in [2.05, 4.69) is 10.0 Å². The number of methoxy groups -OCH3 is 1. The predicted molar refractivity (Wildman–Crippen MR) is 108 cm³/mol. The summed E-state index contributed by atoms with van der Waals surface area (Å²) in [6, 6.07) is 4.16. The van der Waals surface area contributed by atoms with Crippen molar-refractivity contribution in [2.75, 3.05) is 20.2 Å². The number of ether oxygens (including phenoxy) is 1. The Hall–Kier alpha value is -2.46. The van der Waals surface area contributed by atoms with Gasteiger partial charge >= 0.3 is 0 Å². The number of nitrogens with zero attached hydrogens (tertiary/aromatic N) is 1. The van der Waals surface area contributed by atoms with E-state index in [4.69, 9.17) is 4.74 Å². The monoisotopic (exact) mass is 437 g/mol. The lowest BCUT2D eigenvalue weighted by molar-refractivity contribution is -0.138. The predicted octanol–water partition coefficient (Wildman–Crippen LogP) is 1.18. The van der Waals surface area contributed by atoms with Crippen LogP contribution < -0.4 is 14.8 Å². The average molecular weight is 438 g/mol. The molecule has 1 aromatic rings. The van der Waals surface area contributed by atoms with Crippen molar-refractivity contribution in [2.45, 2.75) is 55.9 Å². The van der Waals surface area contributed by atoms with Gasteiger partial charge in [-0.15, -0.1) is 0 Å². The average Bonchev–Trinajstić information content (AvgIpc) is 3.34. The second kappa shape index (κ2) is 9.57. The molecule has 1 heterocycles. The Morgan fingerprint density at radius 2 is 1.83 bits per heavy atom. The van der Waals surface area contributed by atoms with E-state index >= 15 is 0 Å². The molecule has 2 fully saturated rings. The fourth-order valence-corrected chi connectivity index (χ4v) is 5.27. The van der Waals surface area contributed by atoms with Gasteiger partial charge in [0.15, 0.2) is 0 Å². The van der Waals surface area contributed by atoms with Gasteiger partial charge in [-0.2, -0.15) is 0 Å². The smallest absolute Gasteiger partial charge is 0.251 e. The molecular weight excluding hydrogens is 410 g/mol. The van der Waals surface area contributed by atoms with Crippen LogP contribution >= 0.6 is 0 Å². The zero-order chi connectivity index (χ0) is 21.7. The molecule has 0 atom stereocenters. The number of carbonyl (C=O) groups is 3. The van der Waals surface area contributed by atoms with Gasteiger partial charge in [-0.25, -0.2) is 13.1 Å². The second-order valence-electron chi connectivity index (χ2n) is 7.52. The molecule has 0 bridgehead atoms. The number of carbonyl (C=O) groups excluding carboxylic acids is 3. The molecule has 2 aliphatic rings. The van der Waals surface area contributed by atoms with Crippen LogP contribution in [0.25, 0.3) is 0 Å². The molecule has 9 nitrogen and oxygen atoms in total. The first-order chi connectivity index (χ1) is 14.3. The third kappa shape index (κ3) is 5.17. The Bertz CT molecular complexity index is 908. The van der Waals surface area contributed by atoms with Crippen LogP contribution in [0.4, 0.5) is 0 Å². The molecule has 30 heavy (non-hydrogen) atoms. The van der Waals surface area contributed by atoms with Gasteiger partial charge in [0.05, 0.1) is 7.11 Å². The Morgan fingerprint density at radius 3 is 2.47 bits per heavy atom. The van der Waals surface area contributed by atoms with Crippen molar-refractivity contribution in [3.63, 3.8) is 0 Å². The molecule has 1 saturated heterocycles. The van der Waals surface area contributed by atoms with Gasteiger partial charge in [0.1, 0.15) is 10.6 Å². The summed E-state index contributed by atoms with van der Waals surface area (Å²) in [5.41, 5.74) is 0.191. The minimum absolute atomic E-state index is 0.0715. The van der Waals surface area contributed by atoms with Crippen molar-refractivity contribution >= 4 is 27.7 Å². The molecule has 2 N–H and O–H groups in total. The lowest BCUT2D eigenvalue weighted by Gasteiger charge is -2.16. The van der Waals surface area contributed by atoms with Crippen LogP contribution in [0.2, 0.25) is 0 Å². The van der Waals surface area contributed by atoms with Crippen LogP contribution in [0.3, 0.4) is 0 Å². The summed E-state index contributed by atoms with van der Waals surface area (Å²) >= 11 is 0. The molecule has 1 saturated carbocycles. The molecule has 3 amide bonds. The van der Waals surface area contributed by atoms with Gasteiger partial charge < -0.3 is 10.1 Å². The number of benzene rings is 1. The highest BCUT2D eigenvalue weighted by Crippen LogP contribution is 2.27. The fourth-order valence-electron chi connectivity index (χ4n) is 3.77. The van der Waals surface area contributed by atoms with Crippen LogP contribution in [0.5, 0.6) is 5.75 Å². The number of imide groups is 1. The maximum absolute atomic E-state index is 12.8. The van der Waals surface area contributed by atoms with Gasteiger partial charge in [0, 0.05) is 37.5 Å². The molecular formula is C20H27N3O6S. The SMILES string of the molecule is COc1ccc(C(=O)NCCCN2C(=O)CCC2=O)cc1S(=O)(=O)NC1CCCC1. The summed E-state index contributed by atoms with van der Waals surface area (Å²) in [5.74, 6) is -0.644. The van der Waals surface area contributed by atoms with Crippen LogP contribution in [0, 0.1) is 0 Å². The van der Waals surface area contributed by atoms with Crippen LogP contribution in [0.15, 0.2) is 23.1 Å². The highest BCUT2D eigenvalue weighted by molar-refractivity contribution is 7.89. The lowest BCUT2D eigenvalue weighted by atomic mass is 10.2. The van der Waals surface area contributed by atoms with Gasteiger partial charge in [-0.1, -0.05) is 12.8 Å². The van der Waals surface area contributed by atoms with E-state index in [1.807, 2.05) is 0 Å². The number of nitrogens with one attached hydrogen (secondary N) is 2. The van der Waals surface area contributed by atoms with E-state index in [1.54, 1.807) is 0 Å². The normalized spacial score (nSPS) is 17.6. The van der Waals surface area contributed by atoms with Gasteiger partial charge in [0.25, 0.3) is 5.91 Å². The van der Waals surface area contributed by atoms with Gasteiger partial charge in [-0.05, 0) is 37.5 Å². The number of sulfonamides is 1. The molecule has 1 aliphatic heterocycles. The summed E-state index contributed by atoms with van der Waals surface area (Å²) in [6.45, 7) is 0.510. The lowest BCUT2D eigenvalue weighted by Crippen LogP contribution is -2.34. The molecule has 164 valence electrons. The molecule has 0 unspecified atom stereocenters. The molecule has 1 aliphatic carbocycles. The minimum atomic E-state index is -3.83. The van der Waals surface area contributed by atoms with Crippen LogP contribution in [-0.2, 0) is 19.6 Å². The Labute approximate surface area is 176 Å². The van der Waals surface area contributed by atoms with Crippen molar-refractivity contribution in [3.05, 3.63) is 23.8 Å². The van der Waals surface area contributed by atoms with Crippen molar-refractivity contribution in [1.29, 1.82) is 0 Å². The largest absolute Gasteiger partial charge is 0.495 e. The molecule has 10 heteroatoms. The molecule has 0 radical (unpaired) electrons. The topological polar surface area (TPSA) is 122 Å². The minimum Gasteiger partial charge on any atom is -0.495 e. The molecule has 0 spiro atoms. The molecule has 3 rings (SSSR count). The summed E-state index contributed by atoms with van der Waals surface area (Å²) in [4.78, 5) is 36.8. The zero-order valence-electron chi connectivity index (χ0n) is 17.0. The molecule has 1 aromatic carbocycles. The second-order valence-corrected chi connectivity index (χ2v) is 9.20. The van der Waals surface area contributed by atoms with Gasteiger partial charge in [-0.3, -0.25) is 19.3 Å². The van der Waals surface area contributed by atoms with Crippen molar-refractivity contribution < 1.29 is 27.5 Å². The highest BCUT2D eigenvalue weighted by Gasteiger charge is 2.28. The van der Waals surface area contributed by atoms with E-state index in [0.717, 1.165) is 25.7 Å². The third-order valence-corrected chi connectivity index (χ3v) is 6.93. The van der Waals surface area contributed by atoms with E-state index in [0.29, 0.717) is 6.42 Å². The standard InChI is InChI=1S/C20H27N3O6S/c1-29-16-8-7-14(13-17(16)30(27,28)22-15-5-2-3-6-15)20(26)21-11-4-12-23-18(24)9-10-19(23)25/h7-8,13,15,22H,2-6,9-12H2,1H3,(H,21,26). The third-order valence-electron chi connectivity index (χ3n) is 5.39. The first-order valence-corrected chi connectivity index (χ1v) is 11.6. The maximum Gasteiger partial charge on any atom is 0.251 e. The number of hydrogen-bond donors (Lipinski definition) is 2. The van der Waals surface area contributed by atoms with Crippen molar-refractivity contribution in [1.82, 2.24) is 14.9 Å². The van der Waals surface area contributed by atoms with E-state index < -0.39 is 15.9 Å². The number of rotatable bonds is 9. The summed E-state index contributed by atoms with van der Waals surface area (Å²) < 4.78 is 33.5. The first-order valence-electron chi connectivity index (χ1n) is 10.1. The Kier molecular flexibility index (Phi) is 7.09. The van der Waals surface area contributed by atoms with Crippen molar-refractivity contribution in [2.24, 2.45) is 0 Å². The number of likely N-dealkylation sites (tertiary alicyclic amines) is 1. The van der Waals surface area contributed by atoms with Crippen LogP contribution in [-0.4, -0.2) is 57.3 Å². The van der Waals surface area contributed by atoms with E-state index in [-0.39, 0.29) is 60.0 Å². The Morgan fingerprint density at radius 1 is 1.17 bits per heavy atom. The van der Waals surface area contributed by atoms with Gasteiger partial charge in [0.2, 0.25) is 21.8 Å². The Balaban J connectivity index is 1.62. The zero-order valence-corrected chi connectivity index (χ0v) is 17.8. The van der Waals surface area contributed by atoms with Crippen molar-refractivity contribution in [3.8, 4) is 5.75 Å². The quantitative estimate of drug-likeness (QED) is 0.442. The summed E-state index contributed by atoms with van der Waals surface area (Å²) in [7, 11) is -2.45. The summed E-state index contributed by atoms with van der Waals surface area (Å²) in [6.07, 6.45) is 4.47. The number of amides is 3. The molecule has 0 aromatic heterocycles. The van der Waals surface area contributed by atoms with E-state index in [1.165, 1.54) is 30.2 Å². The maximum atomic E-state index is 12.8. The first kappa shape index (κ1) is 22.2. The summed E-state index contributed by atoms with van der Waals surface area (Å²) in [5, 5.41) is 2.70. The van der Waals surface area contributed by atoms with E-state index in [9.17, 15) is 22.8 Å². The number of hydrogen-bond acceptors (Lipinski definition) is 6. The fraction of sp³-hybridized carbons (Fsp3) is 0.550. The van der Waals surface area contributed by atoms with Crippen LogP contribution in [0.1, 0.15) is 55.3 Å².